The van der Waals surface area contributed by atoms with E-state index in [9.17, 15) is 5.11 Å². The highest BCUT2D eigenvalue weighted by Gasteiger charge is 2.11. The average Bonchev–Trinajstić information content (AvgIpc) is 2.44. The van der Waals surface area contributed by atoms with Crippen LogP contribution in [-0.2, 0) is 4.74 Å². The molecule has 21 heavy (non-hydrogen) atoms. The van der Waals surface area contributed by atoms with Crippen LogP contribution in [0.3, 0.4) is 0 Å². The second kappa shape index (κ2) is 10.2. The van der Waals surface area contributed by atoms with Gasteiger partial charge < -0.3 is 15.2 Å². The van der Waals surface area contributed by atoms with Crippen LogP contribution in [0, 0.1) is 5.92 Å². The Morgan fingerprint density at radius 3 is 2.62 bits per heavy atom. The summed E-state index contributed by atoms with van der Waals surface area (Å²) in [6.07, 6.45) is 1.72. The number of aliphatic hydroxyl groups excluding tert-OH is 1. The molecule has 0 aliphatic heterocycles. The molecule has 3 nitrogen and oxygen atoms in total. The van der Waals surface area contributed by atoms with Crippen molar-refractivity contribution in [1.29, 1.82) is 0 Å². The van der Waals surface area contributed by atoms with E-state index >= 15 is 0 Å². The number of rotatable bonds is 10. The zero-order valence-electron chi connectivity index (χ0n) is 13.3. The van der Waals surface area contributed by atoms with E-state index in [1.54, 1.807) is 0 Å². The summed E-state index contributed by atoms with van der Waals surface area (Å²) in [5, 5.41) is 13.9. The van der Waals surface area contributed by atoms with Gasteiger partial charge in [-0.3, -0.25) is 0 Å². The van der Waals surface area contributed by atoms with Crippen LogP contribution in [0.25, 0.3) is 0 Å². The van der Waals surface area contributed by atoms with E-state index in [0.717, 1.165) is 30.0 Å². The molecule has 0 saturated heterocycles. The molecule has 0 radical (unpaired) electrons. The summed E-state index contributed by atoms with van der Waals surface area (Å²) in [4.78, 5) is 0. The van der Waals surface area contributed by atoms with Gasteiger partial charge in [0.15, 0.2) is 0 Å². The van der Waals surface area contributed by atoms with Crippen LogP contribution in [-0.4, -0.2) is 31.0 Å². The first kappa shape index (κ1) is 18.4. The minimum atomic E-state index is -0.492. The summed E-state index contributed by atoms with van der Waals surface area (Å²) in [5.41, 5.74) is 1.05. The number of halogens is 1. The standard InChI is InChI=1S/C17H28ClNO2/c1-13(2)7-6-10-21-12-15(20)11-19-14(3)16-8-4-5-9-17(16)18/h4-5,8-9,13-15,19-20H,6-7,10-12H2,1-3H3/t14-,15?/m0/s1. The Bertz CT molecular complexity index is 398. The molecule has 1 unspecified atom stereocenters. The zero-order chi connectivity index (χ0) is 15.7. The zero-order valence-corrected chi connectivity index (χ0v) is 14.1. The van der Waals surface area contributed by atoms with Crippen molar-refractivity contribution in [1.82, 2.24) is 5.32 Å². The molecule has 0 bridgehead atoms. The van der Waals surface area contributed by atoms with Gasteiger partial charge in [0.25, 0.3) is 0 Å². The summed E-state index contributed by atoms with van der Waals surface area (Å²) in [6, 6.07) is 7.86. The van der Waals surface area contributed by atoms with Crippen LogP contribution >= 0.6 is 11.6 Å². The second-order valence-corrected chi connectivity index (χ2v) is 6.32. The first-order chi connectivity index (χ1) is 10.0. The van der Waals surface area contributed by atoms with Gasteiger partial charge in [0.2, 0.25) is 0 Å². The van der Waals surface area contributed by atoms with Crippen molar-refractivity contribution >= 4 is 11.6 Å². The smallest absolute Gasteiger partial charge is 0.0897 e. The van der Waals surface area contributed by atoms with E-state index in [0.29, 0.717) is 19.1 Å². The van der Waals surface area contributed by atoms with E-state index in [2.05, 4.69) is 19.2 Å². The molecule has 4 heteroatoms. The molecular formula is C17H28ClNO2. The maximum Gasteiger partial charge on any atom is 0.0897 e. The molecular weight excluding hydrogens is 286 g/mol. The Hall–Kier alpha value is -0.610. The van der Waals surface area contributed by atoms with Gasteiger partial charge in [-0.2, -0.15) is 0 Å². The fourth-order valence-electron chi connectivity index (χ4n) is 2.12. The third-order valence-electron chi connectivity index (χ3n) is 3.41. The van der Waals surface area contributed by atoms with Gasteiger partial charge in [0.1, 0.15) is 0 Å². The highest BCUT2D eigenvalue weighted by atomic mass is 35.5. The summed E-state index contributed by atoms with van der Waals surface area (Å²) in [6.45, 7) is 8.04. The van der Waals surface area contributed by atoms with Gasteiger partial charge in [-0.25, -0.2) is 0 Å². The molecule has 120 valence electrons. The molecule has 0 saturated carbocycles. The largest absolute Gasteiger partial charge is 0.389 e. The van der Waals surface area contributed by atoms with Crippen LogP contribution in [0.1, 0.15) is 45.2 Å². The molecule has 0 aliphatic carbocycles. The monoisotopic (exact) mass is 313 g/mol. The lowest BCUT2D eigenvalue weighted by molar-refractivity contribution is 0.0337. The van der Waals surface area contributed by atoms with Gasteiger partial charge in [0.05, 0.1) is 12.7 Å². The molecule has 0 spiro atoms. The Kier molecular flexibility index (Phi) is 8.93. The van der Waals surface area contributed by atoms with E-state index in [4.69, 9.17) is 16.3 Å². The Morgan fingerprint density at radius 2 is 1.95 bits per heavy atom. The van der Waals surface area contributed by atoms with Gasteiger partial charge in [-0.1, -0.05) is 43.6 Å². The average molecular weight is 314 g/mol. The second-order valence-electron chi connectivity index (χ2n) is 5.92. The lowest BCUT2D eigenvalue weighted by Crippen LogP contribution is -2.32. The predicted molar refractivity (Wildman–Crippen MR) is 88.8 cm³/mol. The predicted octanol–water partition coefficient (Wildman–Crippen LogP) is 3.80. The number of nitrogens with one attached hydrogen (secondary N) is 1. The van der Waals surface area contributed by atoms with Crippen molar-refractivity contribution in [2.45, 2.75) is 45.8 Å². The van der Waals surface area contributed by atoms with Crippen LogP contribution in [0.15, 0.2) is 24.3 Å². The number of hydrogen-bond acceptors (Lipinski definition) is 3. The summed E-state index contributed by atoms with van der Waals surface area (Å²) in [5.74, 6) is 0.705. The minimum absolute atomic E-state index is 0.106. The number of ether oxygens (including phenoxy) is 1. The van der Waals surface area contributed by atoms with E-state index < -0.39 is 6.10 Å². The number of benzene rings is 1. The topological polar surface area (TPSA) is 41.5 Å². The van der Waals surface area contributed by atoms with Crippen LogP contribution in [0.4, 0.5) is 0 Å². The maximum absolute atomic E-state index is 9.90. The third kappa shape index (κ3) is 7.82. The van der Waals surface area contributed by atoms with Crippen LogP contribution < -0.4 is 5.32 Å². The molecule has 0 aromatic heterocycles. The number of hydrogen-bond donors (Lipinski definition) is 2. The molecule has 1 aromatic rings. The summed E-state index contributed by atoms with van der Waals surface area (Å²) in [7, 11) is 0. The Labute approximate surface area is 133 Å². The molecule has 2 atom stereocenters. The highest BCUT2D eigenvalue weighted by molar-refractivity contribution is 6.31. The molecule has 0 aliphatic rings. The van der Waals surface area contributed by atoms with E-state index in [1.807, 2.05) is 31.2 Å². The van der Waals surface area contributed by atoms with Crippen molar-refractivity contribution in [2.75, 3.05) is 19.8 Å². The minimum Gasteiger partial charge on any atom is -0.389 e. The van der Waals surface area contributed by atoms with Crippen LogP contribution in [0.5, 0.6) is 0 Å². The van der Waals surface area contributed by atoms with E-state index in [-0.39, 0.29) is 6.04 Å². The summed E-state index contributed by atoms with van der Waals surface area (Å²) < 4.78 is 5.49. The van der Waals surface area contributed by atoms with Crippen molar-refractivity contribution in [3.63, 3.8) is 0 Å². The molecule has 1 rings (SSSR count). The van der Waals surface area contributed by atoms with Crippen molar-refractivity contribution in [3.8, 4) is 0 Å². The molecule has 0 amide bonds. The quantitative estimate of drug-likeness (QED) is 0.645. The third-order valence-corrected chi connectivity index (χ3v) is 3.76. The van der Waals surface area contributed by atoms with Crippen molar-refractivity contribution in [2.24, 2.45) is 5.92 Å². The van der Waals surface area contributed by atoms with Crippen LogP contribution in [0.2, 0.25) is 5.02 Å². The molecule has 1 aromatic carbocycles. The SMILES string of the molecule is CC(C)CCCOCC(O)CN[C@@H](C)c1ccccc1Cl. The normalized spacial score (nSPS) is 14.4. The van der Waals surface area contributed by atoms with Gasteiger partial charge in [0, 0.05) is 24.2 Å². The fourth-order valence-corrected chi connectivity index (χ4v) is 2.42. The Balaban J connectivity index is 2.18. The lowest BCUT2D eigenvalue weighted by atomic mass is 10.1. The molecule has 2 N–H and O–H groups in total. The Morgan fingerprint density at radius 1 is 1.24 bits per heavy atom. The van der Waals surface area contributed by atoms with E-state index in [1.165, 1.54) is 0 Å². The fraction of sp³-hybridized carbons (Fsp3) is 0.647. The summed E-state index contributed by atoms with van der Waals surface area (Å²) >= 11 is 6.15. The van der Waals surface area contributed by atoms with Gasteiger partial charge in [-0.15, -0.1) is 0 Å². The van der Waals surface area contributed by atoms with Gasteiger partial charge in [-0.05, 0) is 37.3 Å². The van der Waals surface area contributed by atoms with Gasteiger partial charge >= 0.3 is 0 Å². The van der Waals surface area contributed by atoms with Crippen molar-refractivity contribution < 1.29 is 9.84 Å². The highest BCUT2D eigenvalue weighted by Crippen LogP contribution is 2.21. The molecule has 0 fully saturated rings. The van der Waals surface area contributed by atoms with Crippen molar-refractivity contribution in [3.05, 3.63) is 34.9 Å². The first-order valence-electron chi connectivity index (χ1n) is 7.74. The molecule has 0 heterocycles. The maximum atomic E-state index is 9.90. The number of aliphatic hydroxyl groups is 1. The lowest BCUT2D eigenvalue weighted by Gasteiger charge is -2.18. The first-order valence-corrected chi connectivity index (χ1v) is 8.12.